The number of amides is 2. The summed E-state index contributed by atoms with van der Waals surface area (Å²) < 4.78 is 0. The molecule has 1 saturated heterocycles. The Balaban J connectivity index is 1.59. The Morgan fingerprint density at radius 3 is 2.68 bits per heavy atom. The van der Waals surface area contributed by atoms with Gasteiger partial charge in [-0.25, -0.2) is 4.98 Å². The van der Waals surface area contributed by atoms with Crippen molar-refractivity contribution < 1.29 is 9.59 Å². The number of pyridine rings is 1. The average molecular weight is 515 g/mol. The number of likely N-dealkylation sites (N-methyl/N-ethyl adjacent to an activating group) is 1. The molecule has 1 aromatic carbocycles. The van der Waals surface area contributed by atoms with Crippen molar-refractivity contribution in [3.05, 3.63) is 53.7 Å². The van der Waals surface area contributed by atoms with Crippen molar-refractivity contribution >= 4 is 23.3 Å². The first kappa shape index (κ1) is 27.3. The van der Waals surface area contributed by atoms with E-state index in [0.717, 1.165) is 36.1 Å². The number of anilines is 2. The summed E-state index contributed by atoms with van der Waals surface area (Å²) in [6, 6.07) is 12.1. The van der Waals surface area contributed by atoms with Gasteiger partial charge in [0.05, 0.1) is 11.3 Å². The third-order valence-corrected chi connectivity index (χ3v) is 7.01. The lowest BCUT2D eigenvalue weighted by molar-refractivity contribution is -0.133. The standard InChI is InChI=1S/C30H38N6O2/c1-5-8-28(38)36-16-15-35(20-21(36)2)30-24(19-31)18-26(29(33-30)22-12-13-22)23-9-6-10-25(17-23)32-27(37)11-7-14-34(3)4/h6-7,9-11,17-18,21-22H,5,8,12-16,20H2,1-4H3,(H,32,37). The maximum absolute atomic E-state index is 12.5. The predicted octanol–water partition coefficient (Wildman–Crippen LogP) is 4.39. The molecule has 1 aliphatic heterocycles. The predicted molar refractivity (Wildman–Crippen MR) is 151 cm³/mol. The van der Waals surface area contributed by atoms with Gasteiger partial charge in [0.1, 0.15) is 11.9 Å². The van der Waals surface area contributed by atoms with Crippen LogP contribution in [0.2, 0.25) is 0 Å². The first-order valence-corrected chi connectivity index (χ1v) is 13.5. The molecule has 8 heteroatoms. The summed E-state index contributed by atoms with van der Waals surface area (Å²) in [6.45, 7) is 6.73. The number of aromatic nitrogens is 1. The molecule has 2 aliphatic rings. The highest BCUT2D eigenvalue weighted by Gasteiger charge is 2.33. The minimum atomic E-state index is -0.178. The van der Waals surface area contributed by atoms with Gasteiger partial charge in [-0.2, -0.15) is 5.26 Å². The molecule has 8 nitrogen and oxygen atoms in total. The molecular formula is C30H38N6O2. The third kappa shape index (κ3) is 6.59. The van der Waals surface area contributed by atoms with Crippen molar-refractivity contribution in [2.75, 3.05) is 50.5 Å². The van der Waals surface area contributed by atoms with E-state index in [2.05, 4.69) is 23.2 Å². The second kappa shape index (κ2) is 12.2. The maximum atomic E-state index is 12.5. The van der Waals surface area contributed by atoms with Crippen molar-refractivity contribution in [3.8, 4) is 17.2 Å². The fraction of sp³-hybridized carbons (Fsp3) is 0.467. The lowest BCUT2D eigenvalue weighted by Crippen LogP contribution is -2.54. The van der Waals surface area contributed by atoms with Crippen LogP contribution in [0, 0.1) is 11.3 Å². The van der Waals surface area contributed by atoms with Crippen molar-refractivity contribution in [3.63, 3.8) is 0 Å². The largest absolute Gasteiger partial charge is 0.352 e. The van der Waals surface area contributed by atoms with E-state index in [1.54, 1.807) is 6.08 Å². The van der Waals surface area contributed by atoms with Gasteiger partial charge in [-0.05, 0) is 64.0 Å². The number of hydrogen-bond donors (Lipinski definition) is 1. The van der Waals surface area contributed by atoms with Gasteiger partial charge in [0, 0.05) is 61.9 Å². The normalized spacial score (nSPS) is 17.6. The van der Waals surface area contributed by atoms with Crippen LogP contribution in [0.4, 0.5) is 11.5 Å². The van der Waals surface area contributed by atoms with Crippen LogP contribution in [-0.4, -0.2) is 72.9 Å². The zero-order valence-electron chi connectivity index (χ0n) is 22.9. The number of nitriles is 1. The molecule has 0 spiro atoms. The molecule has 2 amide bonds. The van der Waals surface area contributed by atoms with Crippen LogP contribution in [-0.2, 0) is 9.59 Å². The molecule has 200 valence electrons. The minimum absolute atomic E-state index is 0.0623. The Hall–Kier alpha value is -3.70. The summed E-state index contributed by atoms with van der Waals surface area (Å²) in [5.41, 5.74) is 4.11. The Bertz CT molecular complexity index is 1240. The van der Waals surface area contributed by atoms with Gasteiger partial charge in [-0.15, -0.1) is 0 Å². The van der Waals surface area contributed by atoms with Crippen LogP contribution in [0.1, 0.15) is 56.7 Å². The SMILES string of the molecule is CCCC(=O)N1CCN(c2nc(C3CC3)c(-c3cccc(NC(=O)C=CCN(C)C)c3)cc2C#N)CC1C. The van der Waals surface area contributed by atoms with E-state index in [4.69, 9.17) is 4.98 Å². The second-order valence-corrected chi connectivity index (χ2v) is 10.5. The molecule has 1 atom stereocenters. The van der Waals surface area contributed by atoms with Crippen molar-refractivity contribution in [2.24, 2.45) is 0 Å². The van der Waals surface area contributed by atoms with E-state index in [0.29, 0.717) is 55.6 Å². The number of rotatable bonds is 9. The monoisotopic (exact) mass is 514 g/mol. The van der Waals surface area contributed by atoms with Crippen molar-refractivity contribution in [1.82, 2.24) is 14.8 Å². The first-order chi connectivity index (χ1) is 18.3. The smallest absolute Gasteiger partial charge is 0.248 e. The lowest BCUT2D eigenvalue weighted by Gasteiger charge is -2.41. The molecule has 1 aliphatic carbocycles. The zero-order chi connectivity index (χ0) is 27.2. The summed E-state index contributed by atoms with van der Waals surface area (Å²) in [6.07, 6.45) is 6.94. The molecule has 38 heavy (non-hydrogen) atoms. The molecule has 2 heterocycles. The summed E-state index contributed by atoms with van der Waals surface area (Å²) in [4.78, 5) is 36.1. The van der Waals surface area contributed by atoms with Crippen LogP contribution in [0.15, 0.2) is 42.5 Å². The summed E-state index contributed by atoms with van der Waals surface area (Å²) in [5, 5.41) is 13.0. The zero-order valence-corrected chi connectivity index (χ0v) is 22.9. The number of benzene rings is 1. The molecule has 1 saturated carbocycles. The van der Waals surface area contributed by atoms with E-state index in [1.165, 1.54) is 0 Å². The van der Waals surface area contributed by atoms with Gasteiger partial charge in [0.2, 0.25) is 11.8 Å². The van der Waals surface area contributed by atoms with Crippen molar-refractivity contribution in [2.45, 2.75) is 51.5 Å². The highest BCUT2D eigenvalue weighted by molar-refractivity contribution is 5.99. The summed E-state index contributed by atoms with van der Waals surface area (Å²) in [7, 11) is 3.90. The second-order valence-electron chi connectivity index (χ2n) is 10.5. The number of carbonyl (C=O) groups is 2. The molecule has 1 N–H and O–H groups in total. The molecule has 4 rings (SSSR count). The van der Waals surface area contributed by atoms with E-state index in [1.807, 2.05) is 67.2 Å². The molecule has 2 fully saturated rings. The van der Waals surface area contributed by atoms with Gasteiger partial charge in [-0.1, -0.05) is 25.1 Å². The van der Waals surface area contributed by atoms with Gasteiger partial charge >= 0.3 is 0 Å². The van der Waals surface area contributed by atoms with Gasteiger partial charge in [-0.3, -0.25) is 9.59 Å². The average Bonchev–Trinajstić information content (AvgIpc) is 3.73. The molecule has 1 aromatic heterocycles. The van der Waals surface area contributed by atoms with E-state index < -0.39 is 0 Å². The number of nitrogens with zero attached hydrogens (tertiary/aromatic N) is 5. The van der Waals surface area contributed by atoms with Gasteiger partial charge in [0.15, 0.2) is 0 Å². The Morgan fingerprint density at radius 1 is 1.24 bits per heavy atom. The first-order valence-electron chi connectivity index (χ1n) is 13.5. The quantitative estimate of drug-likeness (QED) is 0.499. The summed E-state index contributed by atoms with van der Waals surface area (Å²) in [5.74, 6) is 1.10. The van der Waals surface area contributed by atoms with E-state index in [-0.39, 0.29) is 17.9 Å². The van der Waals surface area contributed by atoms with Crippen LogP contribution in [0.3, 0.4) is 0 Å². The number of piperazine rings is 1. The molecule has 2 aromatic rings. The fourth-order valence-electron chi connectivity index (χ4n) is 4.94. The molecular weight excluding hydrogens is 476 g/mol. The highest BCUT2D eigenvalue weighted by atomic mass is 16.2. The fourth-order valence-corrected chi connectivity index (χ4v) is 4.94. The van der Waals surface area contributed by atoms with Gasteiger partial charge in [0.25, 0.3) is 0 Å². The van der Waals surface area contributed by atoms with Gasteiger partial charge < -0.3 is 20.0 Å². The van der Waals surface area contributed by atoms with Crippen LogP contribution < -0.4 is 10.2 Å². The number of hydrogen-bond acceptors (Lipinski definition) is 6. The van der Waals surface area contributed by atoms with Crippen LogP contribution in [0.25, 0.3) is 11.1 Å². The van der Waals surface area contributed by atoms with Crippen LogP contribution in [0.5, 0.6) is 0 Å². The van der Waals surface area contributed by atoms with E-state index >= 15 is 0 Å². The number of carbonyl (C=O) groups excluding carboxylic acids is 2. The topological polar surface area (TPSA) is 92.6 Å². The Kier molecular flexibility index (Phi) is 8.80. The van der Waals surface area contributed by atoms with E-state index in [9.17, 15) is 14.9 Å². The highest BCUT2D eigenvalue weighted by Crippen LogP contribution is 2.45. The van der Waals surface area contributed by atoms with Crippen LogP contribution >= 0.6 is 0 Å². The molecule has 0 radical (unpaired) electrons. The molecule has 0 bridgehead atoms. The Morgan fingerprint density at radius 2 is 2.03 bits per heavy atom. The number of nitrogens with one attached hydrogen (secondary N) is 1. The lowest BCUT2D eigenvalue weighted by atomic mass is 9.98. The Labute approximate surface area is 225 Å². The maximum Gasteiger partial charge on any atom is 0.248 e. The van der Waals surface area contributed by atoms with Crippen molar-refractivity contribution in [1.29, 1.82) is 5.26 Å². The summed E-state index contributed by atoms with van der Waals surface area (Å²) >= 11 is 0. The minimum Gasteiger partial charge on any atom is -0.352 e. The third-order valence-electron chi connectivity index (χ3n) is 7.01. The molecule has 1 unspecified atom stereocenters.